The van der Waals surface area contributed by atoms with Gasteiger partial charge in [-0.15, -0.1) is 0 Å². The SMILES string of the molecule is CCCCN(C)S(=O)(=O)Nc1ccccc1OC. The molecule has 0 aliphatic rings. The number of nitrogens with one attached hydrogen (secondary N) is 1. The van der Waals surface area contributed by atoms with Crippen molar-refractivity contribution in [2.75, 3.05) is 25.4 Å². The third kappa shape index (κ3) is 3.89. The number of hydrogen-bond acceptors (Lipinski definition) is 3. The van der Waals surface area contributed by atoms with Crippen molar-refractivity contribution >= 4 is 15.9 Å². The van der Waals surface area contributed by atoms with E-state index >= 15 is 0 Å². The van der Waals surface area contributed by atoms with E-state index in [4.69, 9.17) is 4.74 Å². The Labute approximate surface area is 109 Å². The predicted octanol–water partition coefficient (Wildman–Crippen LogP) is 2.08. The van der Waals surface area contributed by atoms with Gasteiger partial charge in [-0.25, -0.2) is 0 Å². The second-order valence-corrected chi connectivity index (χ2v) is 5.76. The van der Waals surface area contributed by atoms with Crippen molar-refractivity contribution in [2.45, 2.75) is 19.8 Å². The first-order chi connectivity index (χ1) is 8.51. The molecule has 0 atom stereocenters. The quantitative estimate of drug-likeness (QED) is 0.826. The summed E-state index contributed by atoms with van der Waals surface area (Å²) < 4.78 is 33.0. The molecule has 18 heavy (non-hydrogen) atoms. The number of hydrogen-bond donors (Lipinski definition) is 1. The van der Waals surface area contributed by atoms with E-state index in [1.807, 2.05) is 6.92 Å². The third-order valence-electron chi connectivity index (χ3n) is 2.58. The number of rotatable bonds is 7. The molecule has 0 amide bonds. The smallest absolute Gasteiger partial charge is 0.301 e. The van der Waals surface area contributed by atoms with Crippen LogP contribution >= 0.6 is 0 Å². The van der Waals surface area contributed by atoms with Gasteiger partial charge in [0, 0.05) is 13.6 Å². The average Bonchev–Trinajstić information content (AvgIpc) is 2.36. The lowest BCUT2D eigenvalue weighted by Crippen LogP contribution is -2.33. The maximum absolute atomic E-state index is 12.0. The first-order valence-corrected chi connectivity index (χ1v) is 7.32. The van der Waals surface area contributed by atoms with Gasteiger partial charge in [0.25, 0.3) is 0 Å². The average molecular weight is 272 g/mol. The summed E-state index contributed by atoms with van der Waals surface area (Å²) in [7, 11) is -0.444. The van der Waals surface area contributed by atoms with E-state index in [2.05, 4.69) is 4.72 Å². The summed E-state index contributed by atoms with van der Waals surface area (Å²) in [6, 6.07) is 6.93. The molecule has 1 N–H and O–H groups in total. The monoisotopic (exact) mass is 272 g/mol. The zero-order valence-corrected chi connectivity index (χ0v) is 11.8. The molecule has 1 aromatic carbocycles. The highest BCUT2D eigenvalue weighted by Crippen LogP contribution is 2.24. The van der Waals surface area contributed by atoms with E-state index in [1.54, 1.807) is 31.3 Å². The summed E-state index contributed by atoms with van der Waals surface area (Å²) >= 11 is 0. The van der Waals surface area contributed by atoms with Gasteiger partial charge < -0.3 is 4.74 Å². The van der Waals surface area contributed by atoms with Crippen LogP contribution in [0.25, 0.3) is 0 Å². The van der Waals surface area contributed by atoms with E-state index in [0.717, 1.165) is 12.8 Å². The van der Waals surface area contributed by atoms with Crippen LogP contribution in [0, 0.1) is 0 Å². The molecule has 5 nitrogen and oxygen atoms in total. The van der Waals surface area contributed by atoms with Crippen molar-refractivity contribution in [3.8, 4) is 5.75 Å². The Morgan fingerprint density at radius 1 is 1.33 bits per heavy atom. The van der Waals surface area contributed by atoms with Crippen molar-refractivity contribution < 1.29 is 13.2 Å². The molecule has 0 saturated carbocycles. The number of benzene rings is 1. The largest absolute Gasteiger partial charge is 0.495 e. The van der Waals surface area contributed by atoms with Crippen LogP contribution in [0.1, 0.15) is 19.8 Å². The van der Waals surface area contributed by atoms with Gasteiger partial charge >= 0.3 is 10.2 Å². The molecule has 0 radical (unpaired) electrons. The second kappa shape index (κ2) is 6.61. The van der Waals surface area contributed by atoms with Gasteiger partial charge in [-0.2, -0.15) is 12.7 Å². The van der Waals surface area contributed by atoms with E-state index in [-0.39, 0.29) is 0 Å². The van der Waals surface area contributed by atoms with Crippen molar-refractivity contribution in [2.24, 2.45) is 0 Å². The van der Waals surface area contributed by atoms with Crippen LogP contribution in [0.15, 0.2) is 24.3 Å². The number of methoxy groups -OCH3 is 1. The number of unbranched alkanes of at least 4 members (excludes halogenated alkanes) is 1. The molecule has 0 fully saturated rings. The van der Waals surface area contributed by atoms with Gasteiger partial charge in [-0.05, 0) is 18.6 Å². The molecule has 0 spiro atoms. The fourth-order valence-electron chi connectivity index (χ4n) is 1.45. The fourth-order valence-corrected chi connectivity index (χ4v) is 2.42. The molecule has 1 aromatic rings. The van der Waals surface area contributed by atoms with Gasteiger partial charge in [0.1, 0.15) is 5.75 Å². The van der Waals surface area contributed by atoms with E-state index in [1.165, 1.54) is 11.4 Å². The predicted molar refractivity (Wildman–Crippen MR) is 73.1 cm³/mol. The lowest BCUT2D eigenvalue weighted by atomic mass is 10.3. The van der Waals surface area contributed by atoms with Gasteiger partial charge in [-0.1, -0.05) is 25.5 Å². The minimum atomic E-state index is -3.51. The first-order valence-electron chi connectivity index (χ1n) is 5.88. The summed E-state index contributed by atoms with van der Waals surface area (Å²) in [6.45, 7) is 2.52. The molecule has 0 aromatic heterocycles. The number of nitrogens with zero attached hydrogens (tertiary/aromatic N) is 1. The van der Waals surface area contributed by atoms with E-state index in [9.17, 15) is 8.42 Å². The van der Waals surface area contributed by atoms with E-state index in [0.29, 0.717) is 18.0 Å². The zero-order valence-electron chi connectivity index (χ0n) is 11.0. The van der Waals surface area contributed by atoms with Crippen molar-refractivity contribution in [3.05, 3.63) is 24.3 Å². The molecule has 6 heteroatoms. The Bertz CT molecular complexity index is 474. The van der Waals surface area contributed by atoms with Gasteiger partial charge in [0.15, 0.2) is 0 Å². The highest BCUT2D eigenvalue weighted by Gasteiger charge is 2.18. The lowest BCUT2D eigenvalue weighted by Gasteiger charge is -2.19. The molecular weight excluding hydrogens is 252 g/mol. The first kappa shape index (κ1) is 14.8. The van der Waals surface area contributed by atoms with Gasteiger partial charge in [-0.3, -0.25) is 4.72 Å². The minimum Gasteiger partial charge on any atom is -0.495 e. The molecule has 102 valence electrons. The summed E-state index contributed by atoms with van der Waals surface area (Å²) in [6.07, 6.45) is 1.79. The number of para-hydroxylation sites is 2. The Hall–Kier alpha value is -1.27. The number of ether oxygens (including phenoxy) is 1. The van der Waals surface area contributed by atoms with Gasteiger partial charge in [0.05, 0.1) is 12.8 Å². The van der Waals surface area contributed by atoms with Crippen LogP contribution in [0.3, 0.4) is 0 Å². The Kier molecular flexibility index (Phi) is 5.43. The maximum atomic E-state index is 12.0. The van der Waals surface area contributed by atoms with Crippen LogP contribution in [0.2, 0.25) is 0 Å². The van der Waals surface area contributed by atoms with Gasteiger partial charge in [0.2, 0.25) is 0 Å². The molecule has 0 bridgehead atoms. The van der Waals surface area contributed by atoms with E-state index < -0.39 is 10.2 Å². The molecule has 0 aliphatic heterocycles. The Morgan fingerprint density at radius 2 is 2.00 bits per heavy atom. The second-order valence-electron chi connectivity index (χ2n) is 3.98. The van der Waals surface area contributed by atoms with Crippen LogP contribution in [-0.4, -0.2) is 33.4 Å². The van der Waals surface area contributed by atoms with Crippen molar-refractivity contribution in [3.63, 3.8) is 0 Å². The topological polar surface area (TPSA) is 58.6 Å². The highest BCUT2D eigenvalue weighted by atomic mass is 32.2. The minimum absolute atomic E-state index is 0.448. The molecule has 0 aliphatic carbocycles. The maximum Gasteiger partial charge on any atom is 0.301 e. The highest BCUT2D eigenvalue weighted by molar-refractivity contribution is 7.90. The normalized spacial score (nSPS) is 11.6. The summed E-state index contributed by atoms with van der Waals surface area (Å²) in [5.41, 5.74) is 0.448. The molecule has 1 rings (SSSR count). The van der Waals surface area contributed by atoms with Crippen LogP contribution in [0.5, 0.6) is 5.75 Å². The molecule has 0 saturated heterocycles. The van der Waals surface area contributed by atoms with Crippen LogP contribution in [0.4, 0.5) is 5.69 Å². The fraction of sp³-hybridized carbons (Fsp3) is 0.500. The van der Waals surface area contributed by atoms with Crippen LogP contribution in [-0.2, 0) is 10.2 Å². The molecule has 0 heterocycles. The van der Waals surface area contributed by atoms with Crippen molar-refractivity contribution in [1.29, 1.82) is 0 Å². The standard InChI is InChI=1S/C12H20N2O3S/c1-4-5-10-14(2)18(15,16)13-11-8-6-7-9-12(11)17-3/h6-9,13H,4-5,10H2,1-3H3. The Balaban J connectivity index is 2.82. The van der Waals surface area contributed by atoms with Crippen molar-refractivity contribution in [1.82, 2.24) is 4.31 Å². The summed E-state index contributed by atoms with van der Waals surface area (Å²) in [4.78, 5) is 0. The zero-order chi connectivity index (χ0) is 13.6. The molecular formula is C12H20N2O3S. The number of anilines is 1. The summed E-state index contributed by atoms with van der Waals surface area (Å²) in [5, 5.41) is 0. The summed E-state index contributed by atoms with van der Waals surface area (Å²) in [5.74, 6) is 0.505. The lowest BCUT2D eigenvalue weighted by molar-refractivity contribution is 0.416. The van der Waals surface area contributed by atoms with Crippen LogP contribution < -0.4 is 9.46 Å². The molecule has 0 unspecified atom stereocenters. The third-order valence-corrected chi connectivity index (χ3v) is 4.06. The Morgan fingerprint density at radius 3 is 2.61 bits per heavy atom.